The number of benzene rings is 8. The minimum Gasteiger partial charge on any atom is -0.377 e. The molecule has 4 nitrogen and oxygen atoms in total. The highest BCUT2D eigenvalue weighted by molar-refractivity contribution is 5.83. The van der Waals surface area contributed by atoms with Crippen molar-refractivity contribution in [3.8, 4) is 11.1 Å². The third-order valence-corrected chi connectivity index (χ3v) is 13.1. The molecule has 8 aromatic carbocycles. The van der Waals surface area contributed by atoms with Gasteiger partial charge in [-0.15, -0.1) is 13.2 Å². The van der Waals surface area contributed by atoms with Crippen molar-refractivity contribution in [2.45, 2.75) is 86.0 Å². The van der Waals surface area contributed by atoms with Crippen LogP contribution in [0.3, 0.4) is 0 Å². The first-order chi connectivity index (χ1) is 35.3. The maximum Gasteiger partial charge on any atom is 0.0721 e. The van der Waals surface area contributed by atoms with E-state index in [4.69, 9.17) is 9.47 Å². The van der Waals surface area contributed by atoms with Gasteiger partial charge in [-0.2, -0.15) is 0 Å². The van der Waals surface area contributed by atoms with Gasteiger partial charge in [0, 0.05) is 40.7 Å². The SMILES string of the molecule is C=C.C=Cc1ccc(COCCCc2ccc(N(c3ccc(CCC)cc3)c3ccc(-c4ccc(N(c5ccc(CCC)cc5)c5ccc(COCc6ccc(C=C)cc6)cc5)cc4C)c(C)c3)cc2)cc1. The Balaban J connectivity index is 0.00000376. The van der Waals surface area contributed by atoms with Gasteiger partial charge >= 0.3 is 0 Å². The van der Waals surface area contributed by atoms with E-state index in [0.29, 0.717) is 19.8 Å². The van der Waals surface area contributed by atoms with Crippen molar-refractivity contribution in [3.05, 3.63) is 264 Å². The zero-order valence-corrected chi connectivity index (χ0v) is 43.1. The molecule has 0 radical (unpaired) electrons. The summed E-state index contributed by atoms with van der Waals surface area (Å²) in [4.78, 5) is 4.75. The van der Waals surface area contributed by atoms with E-state index >= 15 is 0 Å². The van der Waals surface area contributed by atoms with Crippen molar-refractivity contribution in [1.82, 2.24) is 0 Å². The lowest BCUT2D eigenvalue weighted by Gasteiger charge is -2.28. The molecule has 0 atom stereocenters. The lowest BCUT2D eigenvalue weighted by molar-refractivity contribution is 0.107. The van der Waals surface area contributed by atoms with Gasteiger partial charge in [0.05, 0.1) is 19.8 Å². The lowest BCUT2D eigenvalue weighted by Crippen LogP contribution is -2.11. The van der Waals surface area contributed by atoms with Crippen LogP contribution in [0.25, 0.3) is 23.3 Å². The molecule has 366 valence electrons. The predicted molar refractivity (Wildman–Crippen MR) is 309 cm³/mol. The van der Waals surface area contributed by atoms with Crippen molar-refractivity contribution in [3.63, 3.8) is 0 Å². The third-order valence-electron chi connectivity index (χ3n) is 13.1. The van der Waals surface area contributed by atoms with E-state index in [1.54, 1.807) is 0 Å². The fourth-order valence-corrected chi connectivity index (χ4v) is 9.18. The van der Waals surface area contributed by atoms with E-state index in [1.165, 1.54) is 44.5 Å². The average molecular weight is 949 g/mol. The van der Waals surface area contributed by atoms with Gasteiger partial charge in [-0.25, -0.2) is 0 Å². The highest BCUT2D eigenvalue weighted by Crippen LogP contribution is 2.41. The molecule has 0 aliphatic heterocycles. The summed E-state index contributed by atoms with van der Waals surface area (Å²) >= 11 is 0. The number of nitrogens with zero attached hydrogens (tertiary/aromatic N) is 2. The second-order valence-corrected chi connectivity index (χ2v) is 18.4. The van der Waals surface area contributed by atoms with Gasteiger partial charge in [-0.05, 0) is 179 Å². The molecule has 0 N–H and O–H groups in total. The molecule has 0 saturated carbocycles. The van der Waals surface area contributed by atoms with Crippen LogP contribution >= 0.6 is 0 Å². The first kappa shape index (κ1) is 52.3. The van der Waals surface area contributed by atoms with Crippen LogP contribution in [0.1, 0.15) is 88.7 Å². The molecule has 0 heterocycles. The number of aryl methyl sites for hydroxylation is 5. The Labute approximate surface area is 431 Å². The van der Waals surface area contributed by atoms with Gasteiger partial charge in [0.1, 0.15) is 0 Å². The first-order valence-corrected chi connectivity index (χ1v) is 25.6. The van der Waals surface area contributed by atoms with E-state index in [1.807, 2.05) is 12.2 Å². The number of hydrogen-bond acceptors (Lipinski definition) is 4. The van der Waals surface area contributed by atoms with Gasteiger partial charge in [0.25, 0.3) is 0 Å². The molecular formula is C68H72N2O2. The van der Waals surface area contributed by atoms with Gasteiger partial charge in [0.15, 0.2) is 0 Å². The van der Waals surface area contributed by atoms with Crippen LogP contribution in [0.5, 0.6) is 0 Å². The quantitative estimate of drug-likeness (QED) is 0.0471. The molecule has 8 rings (SSSR count). The number of anilines is 6. The molecule has 0 aliphatic rings. The summed E-state index contributed by atoms with van der Waals surface area (Å²) in [6.07, 6.45) is 10.0. The Morgan fingerprint density at radius 3 is 1.01 bits per heavy atom. The first-order valence-electron chi connectivity index (χ1n) is 25.6. The molecule has 0 aliphatic carbocycles. The van der Waals surface area contributed by atoms with Gasteiger partial charge in [0.2, 0.25) is 0 Å². The van der Waals surface area contributed by atoms with Gasteiger partial charge < -0.3 is 19.3 Å². The van der Waals surface area contributed by atoms with Crippen LogP contribution in [0.2, 0.25) is 0 Å². The van der Waals surface area contributed by atoms with Gasteiger partial charge in [-0.3, -0.25) is 0 Å². The second-order valence-electron chi connectivity index (χ2n) is 18.4. The van der Waals surface area contributed by atoms with E-state index in [0.717, 1.165) is 102 Å². The average Bonchev–Trinajstić information content (AvgIpc) is 3.42. The summed E-state index contributed by atoms with van der Waals surface area (Å²) in [6.45, 7) is 25.1. The topological polar surface area (TPSA) is 24.9 Å². The van der Waals surface area contributed by atoms with Crippen molar-refractivity contribution in [1.29, 1.82) is 0 Å². The van der Waals surface area contributed by atoms with Crippen LogP contribution in [-0.4, -0.2) is 6.61 Å². The highest BCUT2D eigenvalue weighted by atomic mass is 16.5. The summed E-state index contributed by atoms with van der Waals surface area (Å²) in [5, 5.41) is 0. The summed E-state index contributed by atoms with van der Waals surface area (Å²) in [5.74, 6) is 0. The summed E-state index contributed by atoms with van der Waals surface area (Å²) in [7, 11) is 0. The van der Waals surface area contributed by atoms with Crippen LogP contribution in [-0.2, 0) is 48.6 Å². The van der Waals surface area contributed by atoms with Crippen molar-refractivity contribution >= 4 is 46.3 Å². The Hall–Kier alpha value is -7.50. The summed E-state index contributed by atoms with van der Waals surface area (Å²) in [5.41, 5.74) is 21.4. The second kappa shape index (κ2) is 26.6. The molecule has 0 saturated heterocycles. The Kier molecular flexibility index (Phi) is 19.4. The van der Waals surface area contributed by atoms with Crippen LogP contribution in [0.4, 0.5) is 34.1 Å². The van der Waals surface area contributed by atoms with Crippen molar-refractivity contribution in [2.24, 2.45) is 0 Å². The maximum absolute atomic E-state index is 6.13. The minimum atomic E-state index is 0.543. The number of rotatable bonds is 23. The minimum absolute atomic E-state index is 0.543. The Bertz CT molecular complexity index is 2930. The molecule has 0 amide bonds. The molecule has 4 heteroatoms. The maximum atomic E-state index is 6.13. The molecule has 72 heavy (non-hydrogen) atoms. The molecule has 0 unspecified atom stereocenters. The predicted octanol–water partition coefficient (Wildman–Crippen LogP) is 18.8. The number of hydrogen-bond donors (Lipinski definition) is 0. The summed E-state index contributed by atoms with van der Waals surface area (Å²) in [6, 6.07) is 66.5. The zero-order valence-electron chi connectivity index (χ0n) is 43.1. The largest absolute Gasteiger partial charge is 0.377 e. The lowest BCUT2D eigenvalue weighted by atomic mass is 9.95. The summed E-state index contributed by atoms with van der Waals surface area (Å²) < 4.78 is 12.2. The van der Waals surface area contributed by atoms with Gasteiger partial charge in [-0.1, -0.05) is 161 Å². The third kappa shape index (κ3) is 13.9. The Morgan fingerprint density at radius 1 is 0.375 bits per heavy atom. The standard InChI is InChI=1S/C66H68N2O2.C2H4/c1-7-12-53-23-31-59(32-24-53)67(61-35-27-55(28-36-61)14-11-43-69-46-56-19-15-51(9-3)16-20-56)63-39-41-65(49(5)44-63)66-42-40-64(45-50(66)6)68(60-33-25-54(13-8-2)26-34-60)62-37-29-58(30-38-62)48-70-47-57-21-17-52(10-4)18-22-57;1-2/h9-10,15-42,44-45H,3-4,7-8,11-14,43,46-48H2,1-2,5-6H3;1-2H2. The molecule has 0 fully saturated rings. The van der Waals surface area contributed by atoms with E-state index < -0.39 is 0 Å². The van der Waals surface area contributed by atoms with E-state index in [9.17, 15) is 0 Å². The van der Waals surface area contributed by atoms with Crippen molar-refractivity contribution < 1.29 is 9.47 Å². The Morgan fingerprint density at radius 2 is 0.681 bits per heavy atom. The highest BCUT2D eigenvalue weighted by Gasteiger charge is 2.18. The van der Waals surface area contributed by atoms with E-state index in [-0.39, 0.29) is 0 Å². The molecule has 0 spiro atoms. The van der Waals surface area contributed by atoms with Crippen LogP contribution < -0.4 is 9.80 Å². The normalized spacial score (nSPS) is 10.8. The molecule has 0 bridgehead atoms. The molecule has 8 aromatic rings. The molecular weight excluding hydrogens is 877 g/mol. The fraction of sp³-hybridized carbons (Fsp3) is 0.206. The van der Waals surface area contributed by atoms with Crippen LogP contribution in [0, 0.1) is 13.8 Å². The fourth-order valence-electron chi connectivity index (χ4n) is 9.18. The monoisotopic (exact) mass is 949 g/mol. The van der Waals surface area contributed by atoms with E-state index in [2.05, 4.69) is 246 Å². The zero-order chi connectivity index (χ0) is 50.7. The smallest absolute Gasteiger partial charge is 0.0721 e. The van der Waals surface area contributed by atoms with Crippen LogP contribution in [0.15, 0.2) is 208 Å². The number of ether oxygens (including phenoxy) is 2. The van der Waals surface area contributed by atoms with Crippen molar-refractivity contribution in [2.75, 3.05) is 16.4 Å². The molecule has 0 aromatic heterocycles.